The van der Waals surface area contributed by atoms with Crippen molar-refractivity contribution in [3.63, 3.8) is 0 Å². The fourth-order valence-corrected chi connectivity index (χ4v) is 1.64. The fraction of sp³-hybridized carbons (Fsp3) is 0. The molecule has 0 aliphatic carbocycles. The number of allylic oxidation sites excluding steroid dienone is 1. The quantitative estimate of drug-likeness (QED) is 0.269. The predicted molar refractivity (Wildman–Crippen MR) is 71.3 cm³/mol. The summed E-state index contributed by atoms with van der Waals surface area (Å²) in [5.74, 6) is -0.255. The Kier molecular flexibility index (Phi) is 3.82. The zero-order valence-electron chi connectivity index (χ0n) is 9.74. The van der Waals surface area contributed by atoms with Crippen molar-refractivity contribution in [3.8, 4) is 0 Å². The van der Waals surface area contributed by atoms with Crippen LogP contribution in [0.3, 0.4) is 0 Å². The van der Waals surface area contributed by atoms with E-state index in [2.05, 4.69) is 0 Å². The molecule has 0 atom stereocenters. The molecule has 0 fully saturated rings. The number of rotatable bonds is 4. The Labute approximate surface area is 106 Å². The van der Waals surface area contributed by atoms with E-state index in [0.29, 0.717) is 11.8 Å². The van der Waals surface area contributed by atoms with Gasteiger partial charge in [-0.2, -0.15) is 0 Å². The summed E-state index contributed by atoms with van der Waals surface area (Å²) in [5, 5.41) is 0. The smallest absolute Gasteiger partial charge is 0.196 e. The molecule has 0 bridgehead atoms. The second-order valence-electron chi connectivity index (χ2n) is 3.82. The van der Waals surface area contributed by atoms with Crippen LogP contribution in [0.15, 0.2) is 66.2 Å². The Morgan fingerprint density at radius 2 is 1.39 bits per heavy atom. The minimum Gasteiger partial charge on any atom is -0.298 e. The summed E-state index contributed by atoms with van der Waals surface area (Å²) in [4.78, 5) is 23.1. The van der Waals surface area contributed by atoms with E-state index in [4.69, 9.17) is 0 Å². The third-order valence-electron chi connectivity index (χ3n) is 2.55. The predicted octanol–water partition coefficient (Wildman–Crippen LogP) is 3.15. The molecule has 0 aliphatic rings. The van der Waals surface area contributed by atoms with Gasteiger partial charge >= 0.3 is 0 Å². The Morgan fingerprint density at radius 1 is 0.833 bits per heavy atom. The summed E-state index contributed by atoms with van der Waals surface area (Å²) in [6.45, 7) is 0. The zero-order valence-corrected chi connectivity index (χ0v) is 9.74. The number of carbonyl (C=O) groups is 2. The lowest BCUT2D eigenvalue weighted by molar-refractivity contribution is -0.104. The van der Waals surface area contributed by atoms with Gasteiger partial charge in [0.1, 0.15) is 0 Å². The summed E-state index contributed by atoms with van der Waals surface area (Å²) in [5.41, 5.74) is 1.52. The zero-order chi connectivity index (χ0) is 12.8. The summed E-state index contributed by atoms with van der Waals surface area (Å²) in [6, 6.07) is 18.1. The van der Waals surface area contributed by atoms with E-state index in [1.807, 2.05) is 36.4 Å². The molecule has 2 aromatic rings. The monoisotopic (exact) mass is 236 g/mol. The van der Waals surface area contributed by atoms with Gasteiger partial charge < -0.3 is 0 Å². The van der Waals surface area contributed by atoms with Crippen molar-refractivity contribution < 1.29 is 9.59 Å². The molecule has 0 saturated carbocycles. The molecule has 2 heteroatoms. The third-order valence-corrected chi connectivity index (χ3v) is 2.55. The summed E-state index contributed by atoms with van der Waals surface area (Å²) in [6.07, 6.45) is 2.20. The Bertz CT molecular complexity index is 569. The van der Waals surface area contributed by atoms with Crippen LogP contribution in [0.4, 0.5) is 0 Å². The van der Waals surface area contributed by atoms with Gasteiger partial charge in [-0.1, -0.05) is 60.7 Å². The highest BCUT2D eigenvalue weighted by Gasteiger charge is 2.10. The summed E-state index contributed by atoms with van der Waals surface area (Å²) in [7, 11) is 0. The maximum Gasteiger partial charge on any atom is 0.196 e. The molecule has 0 saturated heterocycles. The number of hydrogen-bond donors (Lipinski definition) is 0. The van der Waals surface area contributed by atoms with Crippen molar-refractivity contribution in [2.75, 3.05) is 0 Å². The second-order valence-corrected chi connectivity index (χ2v) is 3.82. The maximum absolute atomic E-state index is 12.1. The minimum atomic E-state index is -0.255. The normalized spacial score (nSPS) is 11.0. The minimum absolute atomic E-state index is 0.160. The largest absolute Gasteiger partial charge is 0.298 e. The van der Waals surface area contributed by atoms with Crippen molar-refractivity contribution in [1.29, 1.82) is 0 Å². The van der Waals surface area contributed by atoms with Crippen LogP contribution in [0.5, 0.6) is 0 Å². The SMILES string of the molecule is O=CC(=Cc1ccccc1)C(=O)c1ccccc1. The molecule has 2 aromatic carbocycles. The molecule has 0 aliphatic heterocycles. The van der Waals surface area contributed by atoms with Crippen molar-refractivity contribution in [3.05, 3.63) is 77.4 Å². The summed E-state index contributed by atoms with van der Waals surface area (Å²) < 4.78 is 0. The van der Waals surface area contributed by atoms with Crippen LogP contribution >= 0.6 is 0 Å². The van der Waals surface area contributed by atoms with Crippen molar-refractivity contribution >= 4 is 18.1 Å². The van der Waals surface area contributed by atoms with Gasteiger partial charge in [-0.15, -0.1) is 0 Å². The Morgan fingerprint density at radius 3 is 1.94 bits per heavy atom. The molecular formula is C16H12O2. The average molecular weight is 236 g/mol. The topological polar surface area (TPSA) is 34.1 Å². The van der Waals surface area contributed by atoms with Gasteiger partial charge in [-0.25, -0.2) is 0 Å². The molecule has 0 spiro atoms. The van der Waals surface area contributed by atoms with Gasteiger partial charge in [0.15, 0.2) is 12.1 Å². The van der Waals surface area contributed by atoms with Gasteiger partial charge in [-0.05, 0) is 11.6 Å². The van der Waals surface area contributed by atoms with Crippen LogP contribution < -0.4 is 0 Å². The number of benzene rings is 2. The van der Waals surface area contributed by atoms with Gasteiger partial charge in [0.05, 0.1) is 5.57 Å². The Balaban J connectivity index is 2.33. The Hall–Kier alpha value is -2.48. The first kappa shape index (κ1) is 12.0. The van der Waals surface area contributed by atoms with E-state index in [1.54, 1.807) is 30.3 Å². The second kappa shape index (κ2) is 5.73. The van der Waals surface area contributed by atoms with Gasteiger partial charge in [0.2, 0.25) is 0 Å². The van der Waals surface area contributed by atoms with Crippen molar-refractivity contribution in [1.82, 2.24) is 0 Å². The first-order valence-electron chi connectivity index (χ1n) is 5.63. The molecule has 0 aromatic heterocycles. The van der Waals surface area contributed by atoms with Crippen LogP contribution in [0.25, 0.3) is 6.08 Å². The lowest BCUT2D eigenvalue weighted by Gasteiger charge is -2.00. The number of carbonyl (C=O) groups excluding carboxylic acids is 2. The van der Waals surface area contributed by atoms with E-state index < -0.39 is 0 Å². The van der Waals surface area contributed by atoms with Crippen molar-refractivity contribution in [2.24, 2.45) is 0 Å². The molecule has 0 heterocycles. The third kappa shape index (κ3) is 2.80. The standard InChI is InChI=1S/C16H12O2/c17-12-15(11-13-7-3-1-4-8-13)16(18)14-9-5-2-6-10-14/h1-12H. The molecule has 0 unspecified atom stereocenters. The van der Waals surface area contributed by atoms with Crippen molar-refractivity contribution in [2.45, 2.75) is 0 Å². The molecule has 0 amide bonds. The van der Waals surface area contributed by atoms with E-state index in [0.717, 1.165) is 5.56 Å². The average Bonchev–Trinajstić information content (AvgIpc) is 2.46. The number of aldehydes is 1. The van der Waals surface area contributed by atoms with E-state index in [1.165, 1.54) is 0 Å². The lowest BCUT2D eigenvalue weighted by atomic mass is 10.0. The summed E-state index contributed by atoms with van der Waals surface area (Å²) >= 11 is 0. The number of hydrogen-bond acceptors (Lipinski definition) is 2. The molecule has 0 N–H and O–H groups in total. The molecule has 2 nitrogen and oxygen atoms in total. The molecule has 2 rings (SSSR count). The van der Waals surface area contributed by atoms with Crippen LogP contribution in [-0.2, 0) is 4.79 Å². The highest BCUT2D eigenvalue weighted by Crippen LogP contribution is 2.11. The van der Waals surface area contributed by atoms with Crippen LogP contribution in [0.2, 0.25) is 0 Å². The highest BCUT2D eigenvalue weighted by atomic mass is 16.1. The van der Waals surface area contributed by atoms with Crippen LogP contribution in [0, 0.1) is 0 Å². The van der Waals surface area contributed by atoms with E-state index in [9.17, 15) is 9.59 Å². The molecule has 0 radical (unpaired) electrons. The van der Waals surface area contributed by atoms with E-state index >= 15 is 0 Å². The maximum atomic E-state index is 12.1. The highest BCUT2D eigenvalue weighted by molar-refractivity contribution is 6.22. The van der Waals surface area contributed by atoms with E-state index in [-0.39, 0.29) is 11.4 Å². The van der Waals surface area contributed by atoms with Gasteiger partial charge in [0.25, 0.3) is 0 Å². The molecule has 18 heavy (non-hydrogen) atoms. The number of Topliss-reactive ketones (excluding diaryl/α,β-unsaturated/α-hetero) is 1. The first-order valence-corrected chi connectivity index (χ1v) is 5.63. The van der Waals surface area contributed by atoms with Gasteiger partial charge in [0, 0.05) is 5.56 Å². The van der Waals surface area contributed by atoms with Crippen LogP contribution in [-0.4, -0.2) is 12.1 Å². The first-order chi connectivity index (χ1) is 8.81. The van der Waals surface area contributed by atoms with Crippen LogP contribution in [0.1, 0.15) is 15.9 Å². The molecular weight excluding hydrogens is 224 g/mol. The fourth-order valence-electron chi connectivity index (χ4n) is 1.64. The lowest BCUT2D eigenvalue weighted by Crippen LogP contribution is -2.04. The van der Waals surface area contributed by atoms with Gasteiger partial charge in [-0.3, -0.25) is 9.59 Å². The number of ketones is 1. The molecule has 88 valence electrons.